The Morgan fingerprint density at radius 3 is 2.23 bits per heavy atom. The highest BCUT2D eigenvalue weighted by atomic mass is 19.4. The van der Waals surface area contributed by atoms with Gasteiger partial charge < -0.3 is 20.5 Å². The largest absolute Gasteiger partial charge is 0.496 e. The lowest BCUT2D eigenvalue weighted by molar-refractivity contribution is -0.137. The van der Waals surface area contributed by atoms with Crippen molar-refractivity contribution in [2.45, 2.75) is 32.9 Å². The van der Waals surface area contributed by atoms with E-state index >= 15 is 0 Å². The van der Waals surface area contributed by atoms with E-state index in [0.717, 1.165) is 23.6 Å². The van der Waals surface area contributed by atoms with Gasteiger partial charge in [0.25, 0.3) is 0 Å². The summed E-state index contributed by atoms with van der Waals surface area (Å²) >= 11 is 0. The van der Waals surface area contributed by atoms with Crippen LogP contribution < -0.4 is 20.5 Å². The molecular formula is C29H28F3N3O4. The van der Waals surface area contributed by atoms with E-state index in [4.69, 9.17) is 15.2 Å². The molecule has 7 nitrogen and oxygen atoms in total. The van der Waals surface area contributed by atoms with Crippen LogP contribution in [0, 0.1) is 0 Å². The van der Waals surface area contributed by atoms with Crippen LogP contribution in [-0.4, -0.2) is 30.7 Å². The molecule has 0 spiro atoms. The second-order valence-corrected chi connectivity index (χ2v) is 8.89. The maximum absolute atomic E-state index is 14.2. The normalized spacial score (nSPS) is 11.5. The van der Waals surface area contributed by atoms with Gasteiger partial charge in [-0.3, -0.25) is 9.36 Å². The third kappa shape index (κ3) is 5.27. The summed E-state index contributed by atoms with van der Waals surface area (Å²) in [6.45, 7) is 3.88. The molecule has 0 saturated heterocycles. The fraction of sp³-hybridized carbons (Fsp3) is 0.241. The maximum Gasteiger partial charge on any atom is 0.417 e. The van der Waals surface area contributed by atoms with Crippen LogP contribution in [-0.2, 0) is 19.0 Å². The van der Waals surface area contributed by atoms with E-state index in [0.29, 0.717) is 34.5 Å². The van der Waals surface area contributed by atoms with Gasteiger partial charge in [-0.25, -0.2) is 4.79 Å². The second-order valence-electron chi connectivity index (χ2n) is 8.89. The predicted molar refractivity (Wildman–Crippen MR) is 144 cm³/mol. The summed E-state index contributed by atoms with van der Waals surface area (Å²) in [6, 6.07) is 11.3. The number of anilines is 1. The minimum absolute atomic E-state index is 0.161. The lowest BCUT2D eigenvalue weighted by Crippen LogP contribution is -2.19. The number of nitrogens with two attached hydrogens (primary N) is 1. The fourth-order valence-electron chi connectivity index (χ4n) is 4.55. The number of carbonyl (C=O) groups excluding carboxylic acids is 2. The highest BCUT2D eigenvalue weighted by Gasteiger charge is 2.35. The highest BCUT2D eigenvalue weighted by Crippen LogP contribution is 2.42. The van der Waals surface area contributed by atoms with Crippen molar-refractivity contribution < 1.29 is 32.2 Å². The van der Waals surface area contributed by atoms with Gasteiger partial charge >= 0.3 is 12.2 Å². The first kappa shape index (κ1) is 27.6. The van der Waals surface area contributed by atoms with Gasteiger partial charge in [-0.15, -0.1) is 0 Å². The zero-order chi connectivity index (χ0) is 28.5. The van der Waals surface area contributed by atoms with E-state index < -0.39 is 23.7 Å². The first-order valence-electron chi connectivity index (χ1n) is 12.2. The lowest BCUT2D eigenvalue weighted by Gasteiger charge is -2.14. The Hall–Kier alpha value is -4.47. The zero-order valence-electron chi connectivity index (χ0n) is 21.9. The Morgan fingerprint density at radius 1 is 0.923 bits per heavy atom. The smallest absolute Gasteiger partial charge is 0.417 e. The van der Waals surface area contributed by atoms with E-state index in [1.165, 1.54) is 37.1 Å². The number of rotatable bonds is 7. The number of methoxy groups -OCH3 is 2. The number of halogens is 3. The topological polar surface area (TPSA) is 95.6 Å². The van der Waals surface area contributed by atoms with Crippen LogP contribution in [0.1, 0.15) is 40.9 Å². The molecular weight excluding hydrogens is 511 g/mol. The van der Waals surface area contributed by atoms with E-state index in [2.05, 4.69) is 5.32 Å². The Labute approximate surface area is 223 Å². The minimum atomic E-state index is -4.79. The van der Waals surface area contributed by atoms with Crippen LogP contribution in [0.25, 0.3) is 22.0 Å². The predicted octanol–water partition coefficient (Wildman–Crippen LogP) is 6.65. The van der Waals surface area contributed by atoms with E-state index in [1.807, 2.05) is 19.9 Å². The van der Waals surface area contributed by atoms with Gasteiger partial charge in [0.15, 0.2) is 0 Å². The molecule has 1 heterocycles. The molecule has 0 fully saturated rings. The average molecular weight is 540 g/mol. The van der Waals surface area contributed by atoms with Gasteiger partial charge in [-0.05, 0) is 59.9 Å². The molecule has 0 radical (unpaired) electrons. The number of nitrogens with zero attached hydrogens (tertiary/aromatic N) is 1. The average Bonchev–Trinajstić information content (AvgIpc) is 3.29. The molecule has 4 aromatic rings. The number of nitrogens with one attached hydrogen (secondary N) is 1. The van der Waals surface area contributed by atoms with Crippen LogP contribution >= 0.6 is 0 Å². The quantitative estimate of drug-likeness (QED) is 0.275. The third-order valence-electron chi connectivity index (χ3n) is 6.62. The van der Waals surface area contributed by atoms with E-state index in [1.54, 1.807) is 24.3 Å². The number of amides is 2. The van der Waals surface area contributed by atoms with Crippen LogP contribution in [0.2, 0.25) is 0 Å². The number of aromatic nitrogens is 1. The number of fused-ring (bicyclic) bond motifs is 1. The Kier molecular flexibility index (Phi) is 7.58. The second kappa shape index (κ2) is 10.7. The van der Waals surface area contributed by atoms with Gasteiger partial charge in [-0.2, -0.15) is 13.2 Å². The fourth-order valence-corrected chi connectivity index (χ4v) is 4.55. The summed E-state index contributed by atoms with van der Waals surface area (Å²) in [5.41, 5.74) is 6.41. The zero-order valence-corrected chi connectivity index (χ0v) is 21.9. The number of carbonyl (C=O) groups is 2. The summed E-state index contributed by atoms with van der Waals surface area (Å²) in [5.74, 6) is -0.0322. The molecule has 3 aromatic carbocycles. The Morgan fingerprint density at radius 2 is 1.64 bits per heavy atom. The maximum atomic E-state index is 14.2. The molecule has 0 unspecified atom stereocenters. The molecule has 4 rings (SSSR count). The molecule has 0 saturated carbocycles. The van der Waals surface area contributed by atoms with Gasteiger partial charge in [0.1, 0.15) is 11.5 Å². The van der Waals surface area contributed by atoms with Crippen molar-refractivity contribution >= 4 is 28.5 Å². The van der Waals surface area contributed by atoms with Crippen molar-refractivity contribution in [1.29, 1.82) is 0 Å². The van der Waals surface area contributed by atoms with E-state index in [-0.39, 0.29) is 16.7 Å². The number of benzene rings is 3. The Balaban J connectivity index is 1.95. The SMILES string of the molecule is CCc1ccc(NC(=O)n2cc(-c3ccc(C(N)=O)cc3C(F)(F)F)c3cc(CC)c(OC)cc32)c(OC)c1. The number of hydrogen-bond donors (Lipinski definition) is 2. The van der Waals surface area contributed by atoms with Crippen LogP contribution in [0.3, 0.4) is 0 Å². The molecule has 0 bridgehead atoms. The standard InChI is InChI=1S/C29H28F3N3O4/c1-5-16-7-10-23(26(11-16)39-4)34-28(37)35-15-21(20-12-17(6-2)25(38-3)14-24(20)35)19-9-8-18(27(33)36)13-22(19)29(30,31)32/h7-15H,5-6H2,1-4H3,(H2,33,36)(H,34,37). The van der Waals surface area contributed by atoms with Crippen molar-refractivity contribution in [1.82, 2.24) is 4.57 Å². The molecule has 3 N–H and O–H groups in total. The monoisotopic (exact) mass is 539 g/mol. The number of aryl methyl sites for hydroxylation is 2. The molecule has 39 heavy (non-hydrogen) atoms. The third-order valence-corrected chi connectivity index (χ3v) is 6.62. The summed E-state index contributed by atoms with van der Waals surface area (Å²) in [4.78, 5) is 25.2. The van der Waals surface area contributed by atoms with Gasteiger partial charge in [0.2, 0.25) is 5.91 Å². The first-order valence-corrected chi connectivity index (χ1v) is 12.2. The van der Waals surface area contributed by atoms with Crippen molar-refractivity contribution in [2.24, 2.45) is 5.73 Å². The summed E-state index contributed by atoms with van der Waals surface area (Å²) in [6.07, 6.45) is -2.12. The molecule has 0 aliphatic rings. The van der Waals surface area contributed by atoms with Crippen molar-refractivity contribution in [2.75, 3.05) is 19.5 Å². The minimum Gasteiger partial charge on any atom is -0.496 e. The molecule has 0 atom stereocenters. The molecule has 0 aliphatic carbocycles. The molecule has 0 aliphatic heterocycles. The number of ether oxygens (including phenoxy) is 2. The van der Waals surface area contributed by atoms with Gasteiger partial charge in [-0.1, -0.05) is 26.0 Å². The summed E-state index contributed by atoms with van der Waals surface area (Å²) < 4.78 is 54.7. The number of hydrogen-bond acceptors (Lipinski definition) is 4. The van der Waals surface area contributed by atoms with Crippen LogP contribution in [0.4, 0.5) is 23.7 Å². The molecule has 2 amide bonds. The molecule has 204 valence electrons. The van der Waals surface area contributed by atoms with E-state index in [9.17, 15) is 22.8 Å². The van der Waals surface area contributed by atoms with Crippen molar-refractivity contribution in [3.05, 3.63) is 77.0 Å². The summed E-state index contributed by atoms with van der Waals surface area (Å²) in [7, 11) is 2.97. The van der Waals surface area contributed by atoms with Crippen LogP contribution in [0.5, 0.6) is 11.5 Å². The highest BCUT2D eigenvalue weighted by molar-refractivity contribution is 6.06. The molecule has 10 heteroatoms. The first-order chi connectivity index (χ1) is 18.5. The number of primary amides is 1. The van der Waals surface area contributed by atoms with Gasteiger partial charge in [0, 0.05) is 28.8 Å². The lowest BCUT2D eigenvalue weighted by atomic mass is 9.95. The summed E-state index contributed by atoms with van der Waals surface area (Å²) in [5, 5.41) is 3.21. The Bertz CT molecular complexity index is 1570. The molecule has 1 aromatic heterocycles. The number of alkyl halides is 3. The van der Waals surface area contributed by atoms with Gasteiger partial charge in [0.05, 0.1) is 31.0 Å². The van der Waals surface area contributed by atoms with Crippen molar-refractivity contribution in [3.63, 3.8) is 0 Å². The van der Waals surface area contributed by atoms with Crippen molar-refractivity contribution in [3.8, 4) is 22.6 Å². The van der Waals surface area contributed by atoms with Crippen LogP contribution in [0.15, 0.2) is 54.7 Å².